The van der Waals surface area contributed by atoms with E-state index in [1.807, 2.05) is 0 Å². The Balaban J connectivity index is 1.27. The number of Topliss-reactive ketones (excluding diaryl/α,β-unsaturated/α-hetero) is 1. The third kappa shape index (κ3) is 4.46. The molecule has 1 aromatic rings. The van der Waals surface area contributed by atoms with E-state index in [-0.39, 0.29) is 23.8 Å². The summed E-state index contributed by atoms with van der Waals surface area (Å²) in [6.45, 7) is 2.76. The van der Waals surface area contributed by atoms with E-state index in [1.54, 1.807) is 31.2 Å². The van der Waals surface area contributed by atoms with Gasteiger partial charge in [0.15, 0.2) is 18.5 Å². The van der Waals surface area contributed by atoms with Gasteiger partial charge in [-0.2, -0.15) is 0 Å². The van der Waals surface area contributed by atoms with Gasteiger partial charge in [0.05, 0.1) is 0 Å². The van der Waals surface area contributed by atoms with Crippen molar-refractivity contribution in [3.63, 3.8) is 0 Å². The Labute approximate surface area is 171 Å². The maximum atomic E-state index is 12.7. The first-order chi connectivity index (χ1) is 13.8. The molecule has 0 saturated heterocycles. The van der Waals surface area contributed by atoms with Gasteiger partial charge < -0.3 is 14.8 Å². The SMILES string of the molecule is CC(=O)c1cccc(OCC(=O)O[C@H](C)C(=O)NC23CC4CC(CC(C4)C2)C3)c1. The molecule has 0 heterocycles. The van der Waals surface area contributed by atoms with Gasteiger partial charge in [0, 0.05) is 11.1 Å². The standard InChI is InChI=1S/C23H29NO5/c1-14(25)19-4-3-5-20(9-19)28-13-21(26)29-15(2)22(27)24-23-10-16-6-17(11-23)8-18(7-16)12-23/h3-5,9,15-18H,6-8,10-13H2,1-2H3,(H,24,27)/t15-,16?,17?,18?,23?/m1/s1. The molecule has 0 radical (unpaired) electrons. The monoisotopic (exact) mass is 399 g/mol. The van der Waals surface area contributed by atoms with Crippen LogP contribution in [0.4, 0.5) is 0 Å². The van der Waals surface area contributed by atoms with Crippen molar-refractivity contribution >= 4 is 17.7 Å². The van der Waals surface area contributed by atoms with Crippen LogP contribution >= 0.6 is 0 Å². The van der Waals surface area contributed by atoms with Crippen LogP contribution in [0, 0.1) is 17.8 Å². The minimum atomic E-state index is -0.859. The van der Waals surface area contributed by atoms with Gasteiger partial charge in [0.2, 0.25) is 0 Å². The van der Waals surface area contributed by atoms with Crippen molar-refractivity contribution in [3.05, 3.63) is 29.8 Å². The fourth-order valence-corrected chi connectivity index (χ4v) is 5.86. The first-order valence-electron chi connectivity index (χ1n) is 10.6. The van der Waals surface area contributed by atoms with Gasteiger partial charge in [-0.25, -0.2) is 4.79 Å². The lowest BCUT2D eigenvalue weighted by Crippen LogP contribution is -2.61. The molecule has 4 saturated carbocycles. The van der Waals surface area contributed by atoms with Crippen LogP contribution in [0.3, 0.4) is 0 Å². The second kappa shape index (κ2) is 7.81. The van der Waals surface area contributed by atoms with Gasteiger partial charge in [0.1, 0.15) is 5.75 Å². The number of hydrogen-bond acceptors (Lipinski definition) is 5. The molecule has 0 aromatic heterocycles. The van der Waals surface area contributed by atoms with E-state index in [0.717, 1.165) is 37.0 Å². The molecule has 5 rings (SSSR count). The molecule has 0 unspecified atom stereocenters. The van der Waals surface area contributed by atoms with E-state index >= 15 is 0 Å². The quantitative estimate of drug-likeness (QED) is 0.562. The lowest BCUT2D eigenvalue weighted by Gasteiger charge is -2.57. The van der Waals surface area contributed by atoms with Crippen molar-refractivity contribution in [1.82, 2.24) is 5.32 Å². The summed E-state index contributed by atoms with van der Waals surface area (Å²) in [4.78, 5) is 36.2. The Kier molecular flexibility index (Phi) is 5.36. The first-order valence-corrected chi connectivity index (χ1v) is 10.6. The summed E-state index contributed by atoms with van der Waals surface area (Å²) >= 11 is 0. The molecule has 1 atom stereocenters. The summed E-state index contributed by atoms with van der Waals surface area (Å²) in [5, 5.41) is 3.23. The van der Waals surface area contributed by atoms with Crippen LogP contribution in [0.1, 0.15) is 62.7 Å². The number of rotatable bonds is 7. The van der Waals surface area contributed by atoms with Crippen LogP contribution in [0.25, 0.3) is 0 Å². The summed E-state index contributed by atoms with van der Waals surface area (Å²) in [6, 6.07) is 6.63. The molecule has 6 nitrogen and oxygen atoms in total. The zero-order valence-electron chi connectivity index (χ0n) is 17.1. The number of nitrogens with one attached hydrogen (secondary N) is 1. The molecule has 1 N–H and O–H groups in total. The number of carbonyl (C=O) groups is 3. The molecule has 1 aromatic carbocycles. The van der Waals surface area contributed by atoms with Crippen LogP contribution in [-0.2, 0) is 14.3 Å². The van der Waals surface area contributed by atoms with Crippen molar-refractivity contribution in [3.8, 4) is 5.75 Å². The minimum Gasteiger partial charge on any atom is -0.482 e. The summed E-state index contributed by atoms with van der Waals surface area (Å²) in [6.07, 6.45) is 6.23. The fourth-order valence-electron chi connectivity index (χ4n) is 5.86. The Morgan fingerprint density at radius 2 is 1.72 bits per heavy atom. The molecule has 4 aliphatic rings. The molecule has 0 spiro atoms. The van der Waals surface area contributed by atoms with Gasteiger partial charge in [-0.3, -0.25) is 9.59 Å². The van der Waals surface area contributed by atoms with Crippen molar-refractivity contribution in [2.24, 2.45) is 17.8 Å². The van der Waals surface area contributed by atoms with Crippen LogP contribution in [0.15, 0.2) is 24.3 Å². The number of ketones is 1. The summed E-state index contributed by atoms with van der Waals surface area (Å²) in [7, 11) is 0. The summed E-state index contributed by atoms with van der Waals surface area (Å²) in [5.41, 5.74) is 0.412. The second-order valence-corrected chi connectivity index (χ2v) is 9.19. The van der Waals surface area contributed by atoms with Gasteiger partial charge in [0.25, 0.3) is 5.91 Å². The summed E-state index contributed by atoms with van der Waals surface area (Å²) in [5.74, 6) is 1.72. The van der Waals surface area contributed by atoms with E-state index < -0.39 is 12.1 Å². The third-order valence-electron chi connectivity index (χ3n) is 6.70. The van der Waals surface area contributed by atoms with E-state index in [1.165, 1.54) is 26.2 Å². The van der Waals surface area contributed by atoms with E-state index in [9.17, 15) is 14.4 Å². The molecule has 4 aliphatic carbocycles. The number of amides is 1. The van der Waals surface area contributed by atoms with Gasteiger partial charge in [-0.05, 0) is 82.3 Å². The molecule has 0 aliphatic heterocycles. The van der Waals surface area contributed by atoms with Crippen LogP contribution in [0.5, 0.6) is 5.75 Å². The maximum absolute atomic E-state index is 12.7. The van der Waals surface area contributed by atoms with Gasteiger partial charge in [-0.15, -0.1) is 0 Å². The highest BCUT2D eigenvalue weighted by molar-refractivity contribution is 5.94. The van der Waals surface area contributed by atoms with Crippen molar-refractivity contribution in [2.45, 2.75) is 64.0 Å². The predicted molar refractivity (Wildman–Crippen MR) is 107 cm³/mol. The van der Waals surface area contributed by atoms with E-state index in [2.05, 4.69) is 5.32 Å². The Morgan fingerprint density at radius 1 is 1.10 bits per heavy atom. The second-order valence-electron chi connectivity index (χ2n) is 9.19. The molecule has 4 fully saturated rings. The maximum Gasteiger partial charge on any atom is 0.344 e. The zero-order valence-corrected chi connectivity index (χ0v) is 17.1. The number of carbonyl (C=O) groups excluding carboxylic acids is 3. The van der Waals surface area contributed by atoms with Gasteiger partial charge in [-0.1, -0.05) is 12.1 Å². The van der Waals surface area contributed by atoms with Gasteiger partial charge >= 0.3 is 5.97 Å². The number of benzene rings is 1. The molecular formula is C23H29NO5. The van der Waals surface area contributed by atoms with Crippen LogP contribution in [0.2, 0.25) is 0 Å². The van der Waals surface area contributed by atoms with Crippen molar-refractivity contribution in [2.75, 3.05) is 6.61 Å². The lowest BCUT2D eigenvalue weighted by molar-refractivity contribution is -0.158. The Hall–Kier alpha value is -2.37. The van der Waals surface area contributed by atoms with Crippen molar-refractivity contribution < 1.29 is 23.9 Å². The molecular weight excluding hydrogens is 370 g/mol. The molecule has 156 valence electrons. The Bertz CT molecular complexity index is 782. The van der Waals surface area contributed by atoms with Crippen LogP contribution < -0.4 is 10.1 Å². The van der Waals surface area contributed by atoms with Crippen LogP contribution in [-0.4, -0.2) is 35.9 Å². The topological polar surface area (TPSA) is 81.7 Å². The number of ether oxygens (including phenoxy) is 2. The molecule has 1 amide bonds. The largest absolute Gasteiger partial charge is 0.482 e. The Morgan fingerprint density at radius 3 is 2.31 bits per heavy atom. The average Bonchev–Trinajstić information content (AvgIpc) is 2.65. The first kappa shape index (κ1) is 19.9. The fraction of sp³-hybridized carbons (Fsp3) is 0.609. The highest BCUT2D eigenvalue weighted by Crippen LogP contribution is 2.55. The molecule has 6 heteroatoms. The lowest BCUT2D eigenvalue weighted by atomic mass is 9.53. The predicted octanol–water partition coefficient (Wildman–Crippen LogP) is 3.28. The average molecular weight is 399 g/mol. The minimum absolute atomic E-state index is 0.0759. The third-order valence-corrected chi connectivity index (χ3v) is 6.70. The molecule has 29 heavy (non-hydrogen) atoms. The van der Waals surface area contributed by atoms with E-state index in [0.29, 0.717) is 11.3 Å². The molecule has 4 bridgehead atoms. The highest BCUT2D eigenvalue weighted by atomic mass is 16.6. The normalized spacial score (nSPS) is 30.5. The van der Waals surface area contributed by atoms with E-state index in [4.69, 9.17) is 9.47 Å². The highest BCUT2D eigenvalue weighted by Gasteiger charge is 2.51. The zero-order chi connectivity index (χ0) is 20.6. The number of hydrogen-bond donors (Lipinski definition) is 1. The smallest absolute Gasteiger partial charge is 0.344 e. The van der Waals surface area contributed by atoms with Crippen molar-refractivity contribution in [1.29, 1.82) is 0 Å². The number of esters is 1. The summed E-state index contributed by atoms with van der Waals surface area (Å²) < 4.78 is 10.7.